The summed E-state index contributed by atoms with van der Waals surface area (Å²) in [6, 6.07) is 96.0. The molecule has 2 aliphatic rings. The largest absolute Gasteiger partial charge is 0.497 e. The van der Waals surface area contributed by atoms with Crippen molar-refractivity contribution in [3.8, 4) is 45.6 Å². The van der Waals surface area contributed by atoms with Crippen LogP contribution in [0.5, 0.6) is 34.5 Å². The van der Waals surface area contributed by atoms with Crippen LogP contribution >= 0.6 is 11.8 Å². The average Bonchev–Trinajstić information content (AvgIpc) is 1.49. The van der Waals surface area contributed by atoms with Crippen LogP contribution in [-0.2, 0) is 18.5 Å². The van der Waals surface area contributed by atoms with Gasteiger partial charge in [-0.15, -0.1) is 0 Å². The lowest BCUT2D eigenvalue weighted by atomic mass is 9.67. The summed E-state index contributed by atoms with van der Waals surface area (Å²) in [6.07, 6.45) is 0. The lowest BCUT2D eigenvalue weighted by molar-refractivity contribution is 0.414. The van der Waals surface area contributed by atoms with Crippen molar-refractivity contribution >= 4 is 89.5 Å². The molecule has 1 aliphatic carbocycles. The van der Waals surface area contributed by atoms with Gasteiger partial charge in [0.1, 0.15) is 34.5 Å². The molecule has 0 atom stereocenters. The van der Waals surface area contributed by atoms with Gasteiger partial charge in [0.25, 0.3) is 0 Å². The first kappa shape index (κ1) is 52.9. The van der Waals surface area contributed by atoms with Crippen LogP contribution < -0.4 is 28.7 Å². The molecule has 0 bridgehead atoms. The Morgan fingerprint density at radius 3 is 1.07 bits per heavy atom. The van der Waals surface area contributed by atoms with Crippen LogP contribution in [0.15, 0.2) is 277 Å². The number of rotatable bonds is 14. The van der Waals surface area contributed by atoms with Crippen molar-refractivity contribution in [1.82, 2.24) is 9.13 Å². The summed E-state index contributed by atoms with van der Waals surface area (Å²) >= 11 is 1.86. The maximum atomic E-state index is 6.47. The van der Waals surface area contributed by atoms with Crippen molar-refractivity contribution in [1.29, 1.82) is 0 Å². The Labute approximate surface area is 515 Å². The number of anilines is 6. The Morgan fingerprint density at radius 1 is 0.318 bits per heavy atom. The first-order valence-corrected chi connectivity index (χ1v) is 30.8. The number of fused-ring (bicyclic) bond motifs is 15. The number of aromatic nitrogens is 2. The fourth-order valence-corrected chi connectivity index (χ4v) is 15.2. The zero-order valence-corrected chi connectivity index (χ0v) is 50.0. The van der Waals surface area contributed by atoms with E-state index < -0.39 is 5.41 Å². The molecule has 3 heterocycles. The zero-order chi connectivity index (χ0) is 59.0. The molecule has 0 amide bonds. The summed E-state index contributed by atoms with van der Waals surface area (Å²) in [5.41, 5.74) is 17.4. The summed E-state index contributed by atoms with van der Waals surface area (Å²) in [7, 11) is 3.45. The van der Waals surface area contributed by atoms with Gasteiger partial charge in [0, 0.05) is 101 Å². The highest BCUT2D eigenvalue weighted by Crippen LogP contribution is 2.64. The predicted molar refractivity (Wildman–Crippen MR) is 361 cm³/mol. The number of methoxy groups -OCH3 is 2. The normalized spacial score (nSPS) is 12.7. The molecule has 88 heavy (non-hydrogen) atoms. The molecule has 12 aromatic carbocycles. The molecular formula is C79H60N4O4S. The summed E-state index contributed by atoms with van der Waals surface area (Å²) in [4.78, 5) is 7.28. The van der Waals surface area contributed by atoms with E-state index in [1.807, 2.05) is 72.4 Å². The third-order valence-electron chi connectivity index (χ3n) is 17.8. The van der Waals surface area contributed by atoms with Crippen molar-refractivity contribution in [2.24, 2.45) is 0 Å². The SMILES string of the molecule is CCn1c2ccc(Oc3ccccc3)cc2c2cc(N(c3ccc(OC)cc3)c3ccc4c(c3)C3(c5ccccc5Sc5ccccc53)c3cc(N(c5ccc(OC)cc5)c5ccc6c(c5)c5cc(Oc7ccccc7)ccc5n6CC)ccc3-4)ccc21. The van der Waals surface area contributed by atoms with Crippen LogP contribution in [0.25, 0.3) is 54.7 Å². The molecular weight excluding hydrogens is 1100 g/mol. The smallest absolute Gasteiger partial charge is 0.128 e. The van der Waals surface area contributed by atoms with Crippen LogP contribution in [0, 0.1) is 0 Å². The van der Waals surface area contributed by atoms with Gasteiger partial charge in [0.2, 0.25) is 0 Å². The van der Waals surface area contributed by atoms with Crippen LogP contribution in [0.3, 0.4) is 0 Å². The predicted octanol–water partition coefficient (Wildman–Crippen LogP) is 21.3. The van der Waals surface area contributed by atoms with Gasteiger partial charge >= 0.3 is 0 Å². The van der Waals surface area contributed by atoms with E-state index in [0.717, 1.165) is 114 Å². The number of aryl methyl sites for hydroxylation is 2. The summed E-state index contributed by atoms with van der Waals surface area (Å²) in [5, 5.41) is 4.56. The van der Waals surface area contributed by atoms with Crippen molar-refractivity contribution in [3.05, 3.63) is 289 Å². The number of benzene rings is 12. The molecule has 0 radical (unpaired) electrons. The molecule has 0 N–H and O–H groups in total. The van der Waals surface area contributed by atoms with Gasteiger partial charge < -0.3 is 37.9 Å². The van der Waals surface area contributed by atoms with E-state index in [2.05, 4.69) is 239 Å². The Balaban J connectivity index is 0.899. The topological polar surface area (TPSA) is 53.3 Å². The Bertz CT molecular complexity index is 4700. The Hall–Kier alpha value is -10.6. The molecule has 426 valence electrons. The van der Waals surface area contributed by atoms with E-state index in [1.54, 1.807) is 14.2 Å². The van der Waals surface area contributed by atoms with E-state index >= 15 is 0 Å². The number of hydrogen-bond donors (Lipinski definition) is 0. The van der Waals surface area contributed by atoms with Gasteiger partial charge in [-0.2, -0.15) is 0 Å². The monoisotopic (exact) mass is 1160 g/mol. The minimum Gasteiger partial charge on any atom is -0.497 e. The second kappa shape index (κ2) is 21.4. The average molecular weight is 1160 g/mol. The highest BCUT2D eigenvalue weighted by Gasteiger charge is 2.51. The zero-order valence-electron chi connectivity index (χ0n) is 49.1. The second-order valence-electron chi connectivity index (χ2n) is 22.5. The van der Waals surface area contributed by atoms with Crippen LogP contribution in [0.2, 0.25) is 0 Å². The van der Waals surface area contributed by atoms with Crippen molar-refractivity contribution in [2.45, 2.75) is 42.1 Å². The standard InChI is InChI=1S/C79H60N4O4S/c1-5-80-73-41-31-53(45-65(73)67-49-61(37-43-75(67)80)86-59-17-9-7-10-18-59)82(51-25-33-57(84-3)34-26-51)55-29-39-63-64-40-30-56(48-72(64)79(71(63)47-55)69-21-13-15-23-77(69)88-78-24-16-14-22-70(78)79)83(52-27-35-58(85-4)36-28-52)54-32-42-74-66(46-54)68-50-62(38-44-76(68)81(74)6-2)87-60-19-11-8-12-20-60/h7-50H,5-6H2,1-4H3. The minimum absolute atomic E-state index is 0.729. The Kier molecular flexibility index (Phi) is 12.9. The van der Waals surface area contributed by atoms with E-state index in [-0.39, 0.29) is 0 Å². The van der Waals surface area contributed by atoms with Gasteiger partial charge in [-0.1, -0.05) is 96.7 Å². The molecule has 0 saturated carbocycles. The van der Waals surface area contributed by atoms with Gasteiger partial charge in [-0.05, 0) is 229 Å². The molecule has 2 aromatic heterocycles. The molecule has 1 spiro atoms. The number of para-hydroxylation sites is 2. The van der Waals surface area contributed by atoms with E-state index in [1.165, 1.54) is 54.2 Å². The summed E-state index contributed by atoms with van der Waals surface area (Å²) < 4.78 is 29.3. The molecule has 9 heteroatoms. The van der Waals surface area contributed by atoms with Crippen LogP contribution in [-0.4, -0.2) is 23.4 Å². The van der Waals surface area contributed by atoms with Crippen molar-refractivity contribution in [2.75, 3.05) is 24.0 Å². The molecule has 0 fully saturated rings. The highest BCUT2D eigenvalue weighted by atomic mass is 32.2. The van der Waals surface area contributed by atoms with Gasteiger partial charge in [-0.3, -0.25) is 0 Å². The fourth-order valence-electron chi connectivity index (χ4n) is 14.0. The highest BCUT2D eigenvalue weighted by molar-refractivity contribution is 7.99. The quantitative estimate of drug-likeness (QED) is 0.108. The van der Waals surface area contributed by atoms with Gasteiger partial charge in [0.05, 0.1) is 19.6 Å². The van der Waals surface area contributed by atoms with Crippen LogP contribution in [0.4, 0.5) is 34.1 Å². The van der Waals surface area contributed by atoms with Gasteiger partial charge in [-0.25, -0.2) is 0 Å². The van der Waals surface area contributed by atoms with Crippen LogP contribution in [0.1, 0.15) is 36.1 Å². The lowest BCUT2D eigenvalue weighted by Crippen LogP contribution is -2.32. The maximum absolute atomic E-state index is 6.47. The second-order valence-corrected chi connectivity index (χ2v) is 23.5. The minimum atomic E-state index is -0.729. The third kappa shape index (κ3) is 8.51. The lowest BCUT2D eigenvalue weighted by Gasteiger charge is -2.40. The van der Waals surface area contributed by atoms with Gasteiger partial charge in [0.15, 0.2) is 0 Å². The number of nitrogens with zero attached hydrogens (tertiary/aromatic N) is 4. The summed E-state index contributed by atoms with van der Waals surface area (Å²) in [6.45, 7) is 6.07. The number of hydrogen-bond acceptors (Lipinski definition) is 7. The Morgan fingerprint density at radius 2 is 0.659 bits per heavy atom. The number of ether oxygens (including phenoxy) is 4. The molecule has 8 nitrogen and oxygen atoms in total. The van der Waals surface area contributed by atoms with E-state index in [0.29, 0.717) is 0 Å². The molecule has 0 saturated heterocycles. The molecule has 14 aromatic rings. The fraction of sp³-hybridized carbons (Fsp3) is 0.0886. The van der Waals surface area contributed by atoms with Crippen molar-refractivity contribution < 1.29 is 18.9 Å². The maximum Gasteiger partial charge on any atom is 0.128 e. The summed E-state index contributed by atoms with van der Waals surface area (Å²) in [5.74, 6) is 4.78. The first-order chi connectivity index (χ1) is 43.4. The van der Waals surface area contributed by atoms with Crippen molar-refractivity contribution in [3.63, 3.8) is 0 Å². The van der Waals surface area contributed by atoms with E-state index in [4.69, 9.17) is 18.9 Å². The first-order valence-electron chi connectivity index (χ1n) is 30.0. The van der Waals surface area contributed by atoms with E-state index in [9.17, 15) is 0 Å². The third-order valence-corrected chi connectivity index (χ3v) is 19.0. The molecule has 1 aliphatic heterocycles. The molecule has 0 unspecified atom stereocenters. The molecule has 16 rings (SSSR count).